The molecule has 2 aliphatic heterocycles. The van der Waals surface area contributed by atoms with Crippen molar-refractivity contribution in [3.8, 4) is 11.1 Å². The molecule has 2 saturated heterocycles. The molecule has 0 unspecified atom stereocenters. The lowest BCUT2D eigenvalue weighted by Crippen LogP contribution is -2.73. The third-order valence-electron chi connectivity index (χ3n) is 7.94. The quantitative estimate of drug-likeness (QED) is 0.721. The van der Waals surface area contributed by atoms with Gasteiger partial charge in [0, 0.05) is 38.0 Å². The van der Waals surface area contributed by atoms with Gasteiger partial charge in [0.15, 0.2) is 0 Å². The highest BCUT2D eigenvalue weighted by atomic mass is 16.3. The molecule has 0 spiro atoms. The summed E-state index contributed by atoms with van der Waals surface area (Å²) < 4.78 is 0. The normalized spacial score (nSPS) is 24.2. The fourth-order valence-corrected chi connectivity index (χ4v) is 6.06. The van der Waals surface area contributed by atoms with Gasteiger partial charge in [0.05, 0.1) is 25.2 Å². The molecule has 1 aliphatic carbocycles. The molecule has 5 rings (SSSR count). The van der Waals surface area contributed by atoms with Crippen LogP contribution in [0.3, 0.4) is 0 Å². The number of amides is 3. The van der Waals surface area contributed by atoms with E-state index in [1.165, 1.54) is 0 Å². The molecule has 7 heteroatoms. The zero-order valence-corrected chi connectivity index (χ0v) is 20.4. The number of carbonyl (C=O) groups is 3. The maximum Gasteiger partial charge on any atom is 0.253 e. The van der Waals surface area contributed by atoms with Crippen LogP contribution in [0.1, 0.15) is 47.5 Å². The van der Waals surface area contributed by atoms with Crippen molar-refractivity contribution < 1.29 is 19.5 Å². The van der Waals surface area contributed by atoms with Crippen LogP contribution in [0.4, 0.5) is 0 Å². The smallest absolute Gasteiger partial charge is 0.253 e. The van der Waals surface area contributed by atoms with Crippen molar-refractivity contribution in [3.63, 3.8) is 0 Å². The number of aliphatic hydroxyl groups excluding tert-OH is 1. The van der Waals surface area contributed by atoms with E-state index in [2.05, 4.69) is 12.1 Å². The lowest BCUT2D eigenvalue weighted by atomic mass is 9.73. The monoisotopic (exact) mass is 475 g/mol. The average Bonchev–Trinajstić information content (AvgIpc) is 3.40. The molecule has 1 N–H and O–H groups in total. The third-order valence-corrected chi connectivity index (χ3v) is 7.94. The fraction of sp³-hybridized carbons (Fsp3) is 0.464. The van der Waals surface area contributed by atoms with Crippen molar-refractivity contribution in [1.29, 1.82) is 0 Å². The van der Waals surface area contributed by atoms with E-state index in [0.717, 1.165) is 42.4 Å². The molecule has 3 aliphatic rings. The van der Waals surface area contributed by atoms with Gasteiger partial charge in [-0.2, -0.15) is 0 Å². The highest BCUT2D eigenvalue weighted by Gasteiger charge is 2.54. The number of benzene rings is 2. The average molecular weight is 476 g/mol. The van der Waals surface area contributed by atoms with E-state index >= 15 is 0 Å². The van der Waals surface area contributed by atoms with Crippen LogP contribution in [0.15, 0.2) is 48.5 Å². The maximum absolute atomic E-state index is 13.0. The molecule has 184 valence electrons. The predicted molar refractivity (Wildman–Crippen MR) is 133 cm³/mol. The summed E-state index contributed by atoms with van der Waals surface area (Å²) >= 11 is 0. The number of carbonyl (C=O) groups excluding carboxylic acids is 3. The van der Waals surface area contributed by atoms with Crippen LogP contribution in [0.2, 0.25) is 0 Å². The number of nitrogens with zero attached hydrogens (tertiary/aromatic N) is 3. The Bertz CT molecular complexity index is 1110. The Morgan fingerprint density at radius 3 is 2.14 bits per heavy atom. The van der Waals surface area contributed by atoms with Crippen LogP contribution in [-0.4, -0.2) is 83.4 Å². The SMILES string of the molecule is CN(C)C(=O)c1ccc(-c2ccc([C@@H]3[C@@H](CO)N4C(=O)CN(C(=O)C5CCCC5)C[C@@H]34)cc2)cc1. The lowest BCUT2D eigenvalue weighted by molar-refractivity contribution is -0.168. The van der Waals surface area contributed by atoms with E-state index in [0.29, 0.717) is 12.1 Å². The summed E-state index contributed by atoms with van der Waals surface area (Å²) in [4.78, 5) is 43.1. The van der Waals surface area contributed by atoms with E-state index < -0.39 is 0 Å². The topological polar surface area (TPSA) is 81.2 Å². The van der Waals surface area contributed by atoms with Crippen molar-refractivity contribution in [2.45, 2.75) is 43.7 Å². The molecule has 7 nitrogen and oxygen atoms in total. The van der Waals surface area contributed by atoms with Gasteiger partial charge < -0.3 is 19.8 Å². The summed E-state index contributed by atoms with van der Waals surface area (Å²) in [6.07, 6.45) is 4.02. The summed E-state index contributed by atoms with van der Waals surface area (Å²) in [5.74, 6) is 0.0801. The van der Waals surface area contributed by atoms with E-state index in [-0.39, 0.29) is 54.8 Å². The van der Waals surface area contributed by atoms with Crippen LogP contribution in [0.25, 0.3) is 11.1 Å². The molecule has 0 radical (unpaired) electrons. The van der Waals surface area contributed by atoms with E-state index in [9.17, 15) is 19.5 Å². The summed E-state index contributed by atoms with van der Waals surface area (Å²) in [5, 5.41) is 10.1. The minimum atomic E-state index is -0.251. The first-order chi connectivity index (χ1) is 16.9. The highest BCUT2D eigenvalue weighted by molar-refractivity contribution is 5.94. The van der Waals surface area contributed by atoms with E-state index in [1.54, 1.807) is 28.8 Å². The van der Waals surface area contributed by atoms with Gasteiger partial charge >= 0.3 is 0 Å². The summed E-state index contributed by atoms with van der Waals surface area (Å²) in [7, 11) is 3.47. The van der Waals surface area contributed by atoms with Gasteiger partial charge in [-0.25, -0.2) is 0 Å². The first kappa shape index (κ1) is 23.5. The molecule has 1 saturated carbocycles. The van der Waals surface area contributed by atoms with Crippen molar-refractivity contribution in [2.75, 3.05) is 33.8 Å². The van der Waals surface area contributed by atoms with Crippen LogP contribution in [0, 0.1) is 5.92 Å². The van der Waals surface area contributed by atoms with Gasteiger partial charge in [0.25, 0.3) is 5.91 Å². The van der Waals surface area contributed by atoms with Gasteiger partial charge in [-0.15, -0.1) is 0 Å². The number of hydrogen-bond donors (Lipinski definition) is 1. The highest BCUT2D eigenvalue weighted by Crippen LogP contribution is 2.43. The van der Waals surface area contributed by atoms with E-state index in [4.69, 9.17) is 0 Å². The van der Waals surface area contributed by atoms with Gasteiger partial charge in [0.2, 0.25) is 11.8 Å². The predicted octanol–water partition coefficient (Wildman–Crippen LogP) is 2.74. The third kappa shape index (κ3) is 4.22. The second-order valence-electron chi connectivity index (χ2n) is 10.2. The minimum absolute atomic E-state index is 0.00253. The van der Waals surface area contributed by atoms with Gasteiger partial charge in [-0.3, -0.25) is 14.4 Å². The van der Waals surface area contributed by atoms with Crippen LogP contribution < -0.4 is 0 Å². The van der Waals surface area contributed by atoms with Gasteiger partial charge in [-0.05, 0) is 41.7 Å². The summed E-state index contributed by atoms with van der Waals surface area (Å²) in [5.41, 5.74) is 3.76. The second kappa shape index (κ2) is 9.46. The number of aliphatic hydroxyl groups is 1. The number of fused-ring (bicyclic) bond motifs is 1. The molecule has 3 atom stereocenters. The van der Waals surface area contributed by atoms with Crippen LogP contribution in [0.5, 0.6) is 0 Å². The first-order valence-corrected chi connectivity index (χ1v) is 12.5. The lowest BCUT2D eigenvalue weighted by Gasteiger charge is -2.59. The van der Waals surface area contributed by atoms with Crippen molar-refractivity contribution in [2.24, 2.45) is 5.92 Å². The minimum Gasteiger partial charge on any atom is -0.394 e. The maximum atomic E-state index is 13.0. The summed E-state index contributed by atoms with van der Waals surface area (Å²) in [6, 6.07) is 15.4. The molecule has 2 aromatic rings. The Balaban J connectivity index is 1.33. The zero-order chi connectivity index (χ0) is 24.7. The fourth-order valence-electron chi connectivity index (χ4n) is 6.06. The number of hydrogen-bond acceptors (Lipinski definition) is 4. The Morgan fingerprint density at radius 1 is 0.971 bits per heavy atom. The Kier molecular flexibility index (Phi) is 6.36. The molecular weight excluding hydrogens is 442 g/mol. The molecule has 3 amide bonds. The molecule has 0 bridgehead atoms. The molecular formula is C28H33N3O4. The Labute approximate surface area is 206 Å². The Hall–Kier alpha value is -3.19. The molecule has 3 fully saturated rings. The van der Waals surface area contributed by atoms with Gasteiger partial charge in [0.1, 0.15) is 0 Å². The molecule has 0 aromatic heterocycles. The van der Waals surface area contributed by atoms with Crippen molar-refractivity contribution in [3.05, 3.63) is 59.7 Å². The van der Waals surface area contributed by atoms with Crippen molar-refractivity contribution in [1.82, 2.24) is 14.7 Å². The Morgan fingerprint density at radius 2 is 1.57 bits per heavy atom. The zero-order valence-electron chi connectivity index (χ0n) is 20.4. The standard InChI is InChI=1S/C28H33N3O4/c1-29(2)27(34)22-13-9-19(10-14-22)18-7-11-20(12-8-18)26-23-15-30(28(35)21-5-3-4-6-21)16-25(33)31(23)24(26)17-32/h7-14,21,23-24,26,32H,3-6,15-17H2,1-2H3/t23-,24+,26-/m0/s1. The van der Waals surface area contributed by atoms with Gasteiger partial charge in [-0.1, -0.05) is 49.2 Å². The van der Waals surface area contributed by atoms with Crippen LogP contribution in [-0.2, 0) is 9.59 Å². The first-order valence-electron chi connectivity index (χ1n) is 12.5. The number of rotatable bonds is 5. The largest absolute Gasteiger partial charge is 0.394 e. The van der Waals surface area contributed by atoms with E-state index in [1.807, 2.05) is 36.4 Å². The molecule has 2 aromatic carbocycles. The summed E-state index contributed by atoms with van der Waals surface area (Å²) in [6.45, 7) is 0.568. The van der Waals surface area contributed by atoms with Crippen LogP contribution >= 0.6 is 0 Å². The molecule has 2 heterocycles. The molecule has 35 heavy (non-hydrogen) atoms. The second-order valence-corrected chi connectivity index (χ2v) is 10.2. The van der Waals surface area contributed by atoms with Crippen molar-refractivity contribution >= 4 is 17.7 Å². The number of piperazine rings is 1.